The van der Waals surface area contributed by atoms with Crippen molar-refractivity contribution in [2.75, 3.05) is 0 Å². The zero-order valence-electron chi connectivity index (χ0n) is 15.6. The topological polar surface area (TPSA) is 78.6 Å². The summed E-state index contributed by atoms with van der Waals surface area (Å²) in [6.07, 6.45) is -4.19. The van der Waals surface area contributed by atoms with E-state index in [2.05, 4.69) is 15.2 Å². The number of oxime groups is 1. The van der Waals surface area contributed by atoms with Crippen LogP contribution in [-0.4, -0.2) is 33.1 Å². The van der Waals surface area contributed by atoms with E-state index >= 15 is 0 Å². The van der Waals surface area contributed by atoms with Crippen molar-refractivity contribution in [2.24, 2.45) is 5.16 Å². The molecule has 166 valence electrons. The highest BCUT2D eigenvalue weighted by atomic mass is 35.5. The van der Waals surface area contributed by atoms with Crippen LogP contribution in [0.15, 0.2) is 47.8 Å². The Morgan fingerprint density at radius 1 is 1.16 bits per heavy atom. The molecule has 1 aromatic carbocycles. The molecule has 0 saturated carbocycles. The first-order valence-electron chi connectivity index (χ1n) is 8.74. The first-order chi connectivity index (χ1) is 15.1. The Kier molecular flexibility index (Phi) is 5.78. The molecule has 0 aliphatic carbocycles. The molecular weight excluding hydrogens is 496 g/mol. The maximum absolute atomic E-state index is 14.2. The molecule has 0 saturated heterocycles. The van der Waals surface area contributed by atoms with Crippen molar-refractivity contribution in [3.63, 3.8) is 0 Å². The van der Waals surface area contributed by atoms with Crippen molar-refractivity contribution in [3.8, 4) is 11.7 Å². The minimum absolute atomic E-state index is 0.00363. The van der Waals surface area contributed by atoms with Gasteiger partial charge in [-0.2, -0.15) is 23.0 Å². The van der Waals surface area contributed by atoms with Gasteiger partial charge in [0.15, 0.2) is 5.82 Å². The summed E-state index contributed by atoms with van der Waals surface area (Å²) < 4.78 is 48.5. The van der Waals surface area contributed by atoms with E-state index < -0.39 is 18.2 Å². The third kappa shape index (κ3) is 3.89. The van der Waals surface area contributed by atoms with Crippen LogP contribution < -0.4 is 4.74 Å². The fourth-order valence-electron chi connectivity index (χ4n) is 3.15. The highest BCUT2D eigenvalue weighted by molar-refractivity contribution is 6.34. The maximum atomic E-state index is 14.2. The lowest BCUT2D eigenvalue weighted by Crippen LogP contribution is -2.42. The van der Waals surface area contributed by atoms with E-state index in [1.807, 2.05) is 0 Å². The Morgan fingerprint density at radius 3 is 2.50 bits per heavy atom. The normalized spacial score (nSPS) is 18.2. The van der Waals surface area contributed by atoms with E-state index in [0.29, 0.717) is 0 Å². The van der Waals surface area contributed by atoms with Crippen LogP contribution in [0.25, 0.3) is 5.82 Å². The van der Waals surface area contributed by atoms with Crippen LogP contribution in [0.2, 0.25) is 15.1 Å². The summed E-state index contributed by atoms with van der Waals surface area (Å²) in [7, 11) is 0. The molecule has 1 atom stereocenters. The molecule has 32 heavy (non-hydrogen) atoms. The monoisotopic (exact) mass is 504 g/mol. The minimum Gasteiger partial charge on any atom is -0.409 e. The van der Waals surface area contributed by atoms with Crippen molar-refractivity contribution in [2.45, 2.75) is 18.2 Å². The third-order valence-electron chi connectivity index (χ3n) is 4.60. The number of pyridine rings is 1. The van der Waals surface area contributed by atoms with Gasteiger partial charge >= 0.3 is 6.18 Å². The number of benzene rings is 1. The molecule has 0 amide bonds. The molecule has 0 radical (unpaired) electrons. The second kappa shape index (κ2) is 8.27. The van der Waals surface area contributed by atoms with Gasteiger partial charge in [0.25, 0.3) is 12.1 Å². The van der Waals surface area contributed by atoms with Crippen molar-refractivity contribution < 1.29 is 27.5 Å². The zero-order chi connectivity index (χ0) is 23.1. The van der Waals surface area contributed by atoms with Crippen LogP contribution in [0.4, 0.5) is 13.2 Å². The molecule has 13 heteroatoms. The predicted molar refractivity (Wildman–Crippen MR) is 109 cm³/mol. The Labute approximate surface area is 193 Å². The molecule has 0 N–H and O–H groups in total. The van der Waals surface area contributed by atoms with Gasteiger partial charge in [-0.1, -0.05) is 40.0 Å². The Balaban J connectivity index is 1.77. The number of nitrogens with zero attached hydrogens (tertiary/aromatic N) is 4. The summed E-state index contributed by atoms with van der Waals surface area (Å²) in [5, 5.41) is 7.98. The molecule has 2 aromatic heterocycles. The SMILES string of the molecule is O=COc1cc(C2=NOC(c3cc(Cl)cc(Cl)c3)(C(F)(F)F)C2)nn1-c1ncccc1Cl. The number of rotatable bonds is 5. The van der Waals surface area contributed by atoms with Gasteiger partial charge < -0.3 is 9.57 Å². The van der Waals surface area contributed by atoms with E-state index in [0.717, 1.165) is 16.8 Å². The van der Waals surface area contributed by atoms with Gasteiger partial charge in [0.1, 0.15) is 11.4 Å². The molecule has 3 aromatic rings. The summed E-state index contributed by atoms with van der Waals surface area (Å²) in [5.41, 5.74) is -3.35. The average molecular weight is 506 g/mol. The van der Waals surface area contributed by atoms with Crippen LogP contribution in [0.5, 0.6) is 5.88 Å². The van der Waals surface area contributed by atoms with Crippen molar-refractivity contribution in [1.82, 2.24) is 14.8 Å². The van der Waals surface area contributed by atoms with Gasteiger partial charge in [0, 0.05) is 27.9 Å². The molecule has 4 rings (SSSR count). The number of ether oxygens (including phenoxy) is 1. The summed E-state index contributed by atoms with van der Waals surface area (Å²) in [5.74, 6) is -0.0332. The average Bonchev–Trinajstić information content (AvgIpc) is 3.33. The van der Waals surface area contributed by atoms with Gasteiger partial charge in [-0.15, -0.1) is 0 Å². The largest absolute Gasteiger partial charge is 0.435 e. The highest BCUT2D eigenvalue weighted by Crippen LogP contribution is 2.49. The number of hydrogen-bond donors (Lipinski definition) is 0. The quantitative estimate of drug-likeness (QED) is 0.437. The molecule has 0 fully saturated rings. The first-order valence-corrected chi connectivity index (χ1v) is 9.88. The van der Waals surface area contributed by atoms with Crippen LogP contribution in [0.1, 0.15) is 17.7 Å². The molecule has 0 bridgehead atoms. The van der Waals surface area contributed by atoms with E-state index in [9.17, 15) is 18.0 Å². The van der Waals surface area contributed by atoms with E-state index in [1.54, 1.807) is 6.07 Å². The molecular formula is C19H10Cl3F3N4O3. The van der Waals surface area contributed by atoms with E-state index in [4.69, 9.17) is 44.4 Å². The van der Waals surface area contributed by atoms with Gasteiger partial charge in [-0.25, -0.2) is 4.98 Å². The number of carbonyl (C=O) groups excluding carboxylic acids is 1. The number of hydrogen-bond acceptors (Lipinski definition) is 6. The zero-order valence-corrected chi connectivity index (χ0v) is 17.9. The second-order valence-electron chi connectivity index (χ2n) is 6.59. The Hall–Kier alpha value is -2.82. The maximum Gasteiger partial charge on any atom is 0.435 e. The first kappa shape index (κ1) is 22.4. The summed E-state index contributed by atoms with van der Waals surface area (Å²) in [6.45, 7) is 0.134. The lowest BCUT2D eigenvalue weighted by molar-refractivity contribution is -0.275. The van der Waals surface area contributed by atoms with Crippen LogP contribution in [-0.2, 0) is 15.2 Å². The lowest BCUT2D eigenvalue weighted by Gasteiger charge is -2.29. The summed E-state index contributed by atoms with van der Waals surface area (Å²) >= 11 is 17.9. The smallest absolute Gasteiger partial charge is 0.409 e. The van der Waals surface area contributed by atoms with Crippen molar-refractivity contribution in [3.05, 3.63) is 68.9 Å². The van der Waals surface area contributed by atoms with Crippen molar-refractivity contribution in [1.29, 1.82) is 0 Å². The van der Waals surface area contributed by atoms with Gasteiger partial charge in [0.2, 0.25) is 5.88 Å². The lowest BCUT2D eigenvalue weighted by atomic mass is 9.87. The highest BCUT2D eigenvalue weighted by Gasteiger charge is 2.62. The Bertz CT molecular complexity index is 1210. The number of aromatic nitrogens is 3. The van der Waals surface area contributed by atoms with Crippen LogP contribution in [0, 0.1) is 0 Å². The molecule has 3 heterocycles. The Morgan fingerprint density at radius 2 is 1.88 bits per heavy atom. The molecule has 1 unspecified atom stereocenters. The second-order valence-corrected chi connectivity index (χ2v) is 7.87. The number of halogens is 6. The van der Waals surface area contributed by atoms with E-state index in [-0.39, 0.29) is 50.2 Å². The third-order valence-corrected chi connectivity index (χ3v) is 5.33. The predicted octanol–water partition coefficient (Wildman–Crippen LogP) is 5.34. The standard InChI is InChI=1S/C19H10Cl3F3N4O3/c20-11-4-10(5-12(21)6-11)18(19(23,24)25)8-15(28-32-18)14-7-16(31-9-30)29(27-14)17-13(22)2-1-3-26-17/h1-7,9H,8H2. The number of alkyl halides is 3. The van der Waals surface area contributed by atoms with Crippen LogP contribution in [0.3, 0.4) is 0 Å². The minimum atomic E-state index is -4.87. The number of carbonyl (C=O) groups is 1. The molecule has 0 spiro atoms. The van der Waals surface area contributed by atoms with Crippen molar-refractivity contribution >= 4 is 47.0 Å². The summed E-state index contributed by atoms with van der Waals surface area (Å²) in [4.78, 5) is 19.9. The molecule has 1 aliphatic heterocycles. The van der Waals surface area contributed by atoms with Gasteiger partial charge in [-0.05, 0) is 30.3 Å². The molecule has 1 aliphatic rings. The van der Waals surface area contributed by atoms with Crippen LogP contribution >= 0.6 is 34.8 Å². The fourth-order valence-corrected chi connectivity index (χ4v) is 3.88. The van der Waals surface area contributed by atoms with E-state index in [1.165, 1.54) is 24.4 Å². The van der Waals surface area contributed by atoms with Gasteiger partial charge in [-0.3, -0.25) is 4.79 Å². The summed E-state index contributed by atoms with van der Waals surface area (Å²) in [6, 6.07) is 7.82. The fraction of sp³-hybridized carbons (Fsp3) is 0.158. The van der Waals surface area contributed by atoms with Gasteiger partial charge in [0.05, 0.1) is 11.4 Å². The molecule has 7 nitrogen and oxygen atoms in total.